The number of aryl methyl sites for hydroxylation is 1. The van der Waals surface area contributed by atoms with E-state index in [4.69, 9.17) is 10.1 Å². The SMILES string of the molecule is CC[C@H](CO)Nc1c2ccccc2nc2c1c(C)nn2C[C@@H](O)CO. The molecule has 3 rings (SSSR count). The van der Waals surface area contributed by atoms with Crippen molar-refractivity contribution in [3.05, 3.63) is 30.0 Å². The van der Waals surface area contributed by atoms with Crippen molar-refractivity contribution in [3.63, 3.8) is 0 Å². The summed E-state index contributed by atoms with van der Waals surface area (Å²) in [4.78, 5) is 4.71. The summed E-state index contributed by atoms with van der Waals surface area (Å²) in [6.45, 7) is 3.78. The second-order valence-corrected chi connectivity index (χ2v) is 6.24. The second kappa shape index (κ2) is 7.35. The Bertz CT molecular complexity index is 874. The van der Waals surface area contributed by atoms with Crippen molar-refractivity contribution in [2.75, 3.05) is 18.5 Å². The smallest absolute Gasteiger partial charge is 0.160 e. The number of aliphatic hydroxyl groups is 3. The van der Waals surface area contributed by atoms with Gasteiger partial charge in [-0.2, -0.15) is 5.10 Å². The molecule has 1 aromatic carbocycles. The predicted octanol–water partition coefficient (Wildman–Crippen LogP) is 1.43. The highest BCUT2D eigenvalue weighted by Crippen LogP contribution is 2.33. The molecule has 3 aromatic rings. The van der Waals surface area contributed by atoms with Gasteiger partial charge < -0.3 is 20.6 Å². The van der Waals surface area contributed by atoms with Crippen LogP contribution >= 0.6 is 0 Å². The van der Waals surface area contributed by atoms with E-state index in [1.165, 1.54) is 0 Å². The third-order valence-electron chi connectivity index (χ3n) is 4.41. The number of hydrogen-bond donors (Lipinski definition) is 4. The highest BCUT2D eigenvalue weighted by Gasteiger charge is 2.19. The minimum Gasteiger partial charge on any atom is -0.394 e. The van der Waals surface area contributed by atoms with E-state index in [9.17, 15) is 10.2 Å². The molecular weight excluding hydrogens is 320 g/mol. The van der Waals surface area contributed by atoms with E-state index in [1.807, 2.05) is 38.1 Å². The average Bonchev–Trinajstić information content (AvgIpc) is 2.94. The number of rotatable bonds is 7. The highest BCUT2D eigenvalue weighted by molar-refractivity contribution is 6.07. The summed E-state index contributed by atoms with van der Waals surface area (Å²) in [6.07, 6.45) is -0.113. The Morgan fingerprint density at radius 1 is 1.20 bits per heavy atom. The zero-order valence-corrected chi connectivity index (χ0v) is 14.5. The molecule has 0 radical (unpaired) electrons. The highest BCUT2D eigenvalue weighted by atomic mass is 16.3. The van der Waals surface area contributed by atoms with Crippen molar-refractivity contribution >= 4 is 27.6 Å². The molecule has 0 saturated carbocycles. The van der Waals surface area contributed by atoms with Crippen LogP contribution in [-0.2, 0) is 6.54 Å². The summed E-state index contributed by atoms with van der Waals surface area (Å²) >= 11 is 0. The van der Waals surface area contributed by atoms with Gasteiger partial charge in [0.05, 0.1) is 48.1 Å². The maximum Gasteiger partial charge on any atom is 0.160 e. The Labute approximate surface area is 145 Å². The molecule has 25 heavy (non-hydrogen) atoms. The molecule has 0 saturated heterocycles. The molecule has 7 nitrogen and oxygen atoms in total. The number of anilines is 1. The van der Waals surface area contributed by atoms with Crippen molar-refractivity contribution in [3.8, 4) is 0 Å². The number of pyridine rings is 1. The summed E-state index contributed by atoms with van der Waals surface area (Å²) in [7, 11) is 0. The zero-order valence-electron chi connectivity index (χ0n) is 14.5. The molecule has 0 fully saturated rings. The van der Waals surface area contributed by atoms with E-state index in [0.717, 1.165) is 34.1 Å². The summed E-state index contributed by atoms with van der Waals surface area (Å²) < 4.78 is 1.63. The van der Waals surface area contributed by atoms with Gasteiger partial charge in [-0.3, -0.25) is 0 Å². The standard InChI is InChI=1S/C18H24N4O3/c1-3-12(9-23)19-17-14-6-4-5-7-15(14)20-18-16(17)11(2)21-22(18)8-13(25)10-24/h4-7,12-13,23-25H,3,8-10H2,1-2H3,(H,19,20)/t12-,13-/m1/s1. The third-order valence-corrected chi connectivity index (χ3v) is 4.41. The number of hydrogen-bond acceptors (Lipinski definition) is 6. The third kappa shape index (κ3) is 3.30. The van der Waals surface area contributed by atoms with Gasteiger partial charge >= 0.3 is 0 Å². The first-order chi connectivity index (χ1) is 12.1. The van der Waals surface area contributed by atoms with Crippen molar-refractivity contribution in [1.29, 1.82) is 0 Å². The Morgan fingerprint density at radius 3 is 2.64 bits per heavy atom. The number of benzene rings is 1. The number of nitrogens with zero attached hydrogens (tertiary/aromatic N) is 3. The van der Waals surface area contributed by atoms with E-state index in [0.29, 0.717) is 5.65 Å². The Kier molecular flexibility index (Phi) is 5.17. The van der Waals surface area contributed by atoms with E-state index < -0.39 is 6.10 Å². The molecular formula is C18H24N4O3. The van der Waals surface area contributed by atoms with Crippen LogP contribution in [0.2, 0.25) is 0 Å². The van der Waals surface area contributed by atoms with E-state index in [1.54, 1.807) is 4.68 Å². The van der Waals surface area contributed by atoms with Gasteiger partial charge in [-0.1, -0.05) is 25.1 Å². The lowest BCUT2D eigenvalue weighted by Crippen LogP contribution is -2.23. The molecule has 4 N–H and O–H groups in total. The van der Waals surface area contributed by atoms with Crippen LogP contribution in [0, 0.1) is 6.92 Å². The number of nitrogens with one attached hydrogen (secondary N) is 1. The van der Waals surface area contributed by atoms with Crippen LogP contribution in [0.5, 0.6) is 0 Å². The van der Waals surface area contributed by atoms with Gasteiger partial charge in [-0.15, -0.1) is 0 Å². The van der Waals surface area contributed by atoms with Gasteiger partial charge in [-0.05, 0) is 19.4 Å². The van der Waals surface area contributed by atoms with Crippen molar-refractivity contribution in [2.24, 2.45) is 0 Å². The maximum atomic E-state index is 9.80. The first kappa shape index (κ1) is 17.6. The topological polar surface area (TPSA) is 103 Å². The summed E-state index contributed by atoms with van der Waals surface area (Å²) in [5.41, 5.74) is 3.14. The first-order valence-corrected chi connectivity index (χ1v) is 8.51. The molecule has 2 heterocycles. The molecule has 7 heteroatoms. The van der Waals surface area contributed by atoms with Crippen LogP contribution in [-0.4, -0.2) is 55.4 Å². The zero-order chi connectivity index (χ0) is 18.0. The monoisotopic (exact) mass is 344 g/mol. The molecule has 0 unspecified atom stereocenters. The van der Waals surface area contributed by atoms with Gasteiger partial charge in [0.15, 0.2) is 5.65 Å². The summed E-state index contributed by atoms with van der Waals surface area (Å²) in [5, 5.41) is 38.3. The quantitative estimate of drug-likeness (QED) is 0.517. The van der Waals surface area contributed by atoms with Gasteiger partial charge in [0.25, 0.3) is 0 Å². The fraction of sp³-hybridized carbons (Fsp3) is 0.444. The predicted molar refractivity (Wildman–Crippen MR) is 97.7 cm³/mol. The van der Waals surface area contributed by atoms with Crippen LogP contribution in [0.4, 0.5) is 5.69 Å². The summed E-state index contributed by atoms with van der Waals surface area (Å²) in [6, 6.07) is 7.73. The van der Waals surface area contributed by atoms with Crippen LogP contribution < -0.4 is 5.32 Å². The fourth-order valence-electron chi connectivity index (χ4n) is 3.02. The Morgan fingerprint density at radius 2 is 1.96 bits per heavy atom. The van der Waals surface area contributed by atoms with Gasteiger partial charge in [-0.25, -0.2) is 9.67 Å². The molecule has 0 amide bonds. The number of para-hydroxylation sites is 1. The molecule has 0 bridgehead atoms. The van der Waals surface area contributed by atoms with E-state index >= 15 is 0 Å². The van der Waals surface area contributed by atoms with Gasteiger partial charge in [0.2, 0.25) is 0 Å². The van der Waals surface area contributed by atoms with Crippen molar-refractivity contribution < 1.29 is 15.3 Å². The number of aromatic nitrogens is 3. The molecule has 0 aliphatic carbocycles. The molecule has 134 valence electrons. The molecule has 0 aliphatic heterocycles. The van der Waals surface area contributed by atoms with Crippen LogP contribution in [0.15, 0.2) is 24.3 Å². The van der Waals surface area contributed by atoms with E-state index in [2.05, 4.69) is 10.4 Å². The molecule has 0 aliphatic rings. The van der Waals surface area contributed by atoms with Crippen molar-refractivity contribution in [2.45, 2.75) is 39.0 Å². The summed E-state index contributed by atoms with van der Waals surface area (Å²) in [5.74, 6) is 0. The molecule has 0 spiro atoms. The lowest BCUT2D eigenvalue weighted by Gasteiger charge is -2.18. The van der Waals surface area contributed by atoms with Crippen molar-refractivity contribution in [1.82, 2.24) is 14.8 Å². The van der Waals surface area contributed by atoms with Gasteiger partial charge in [0.1, 0.15) is 0 Å². The largest absolute Gasteiger partial charge is 0.394 e. The van der Waals surface area contributed by atoms with Crippen LogP contribution in [0.25, 0.3) is 21.9 Å². The maximum absolute atomic E-state index is 9.80. The van der Waals surface area contributed by atoms with Crippen LogP contribution in [0.1, 0.15) is 19.0 Å². The Balaban J connectivity index is 2.25. The van der Waals surface area contributed by atoms with E-state index in [-0.39, 0.29) is 25.8 Å². The number of aliphatic hydroxyl groups excluding tert-OH is 3. The van der Waals surface area contributed by atoms with Gasteiger partial charge in [0, 0.05) is 11.4 Å². The van der Waals surface area contributed by atoms with Crippen LogP contribution in [0.3, 0.4) is 0 Å². The molecule has 2 atom stereocenters. The normalized spacial score (nSPS) is 14.1. The average molecular weight is 344 g/mol. The molecule has 2 aromatic heterocycles. The number of fused-ring (bicyclic) bond motifs is 2. The minimum atomic E-state index is -0.895. The lowest BCUT2D eigenvalue weighted by molar-refractivity contribution is 0.0791. The lowest BCUT2D eigenvalue weighted by atomic mass is 10.1. The fourth-order valence-corrected chi connectivity index (χ4v) is 3.02. The minimum absolute atomic E-state index is 0.0328. The second-order valence-electron chi connectivity index (χ2n) is 6.24. The Hall–Kier alpha value is -2.22. The first-order valence-electron chi connectivity index (χ1n) is 8.51.